The van der Waals surface area contributed by atoms with Crippen LogP contribution in [-0.2, 0) is 4.74 Å². The molecule has 0 spiro atoms. The van der Waals surface area contributed by atoms with E-state index in [-0.39, 0.29) is 18.0 Å². The monoisotopic (exact) mass is 467 g/mol. The third-order valence-corrected chi connectivity index (χ3v) is 5.68. The number of ether oxygens (including phenoxy) is 2. The lowest BCUT2D eigenvalue weighted by Gasteiger charge is -2.30. The van der Waals surface area contributed by atoms with Gasteiger partial charge < -0.3 is 14.8 Å². The second-order valence-corrected chi connectivity index (χ2v) is 9.54. The predicted octanol–water partition coefficient (Wildman–Crippen LogP) is 4.93. The maximum atomic E-state index is 14.1. The number of para-hydroxylation sites is 1. The molecule has 3 aromatic rings. The molecule has 1 aliphatic carbocycles. The minimum Gasteiger partial charge on any atom is -0.489 e. The molecule has 1 saturated carbocycles. The maximum Gasteiger partial charge on any atom is 0.407 e. The number of amides is 1. The molecule has 2 aromatic heterocycles. The first kappa shape index (κ1) is 23.7. The van der Waals surface area contributed by atoms with Gasteiger partial charge in [-0.05, 0) is 64.5 Å². The van der Waals surface area contributed by atoms with Crippen molar-refractivity contribution in [2.75, 3.05) is 6.61 Å². The minimum atomic E-state index is -0.504. The third kappa shape index (κ3) is 6.09. The van der Waals surface area contributed by atoms with Crippen LogP contribution < -0.4 is 10.1 Å². The SMILES string of the molecule is CC(C)(C)OC(=O)NC1CCC(COc2cncnc2-c2cnn(-c3ccccc3F)c2)CC1. The Kier molecular flexibility index (Phi) is 7.09. The fourth-order valence-corrected chi connectivity index (χ4v) is 4.01. The summed E-state index contributed by atoms with van der Waals surface area (Å²) in [6.07, 6.45) is 9.71. The van der Waals surface area contributed by atoms with Gasteiger partial charge in [0.1, 0.15) is 29.1 Å². The first-order valence-electron chi connectivity index (χ1n) is 11.5. The highest BCUT2D eigenvalue weighted by Crippen LogP contribution is 2.30. The molecule has 1 aliphatic rings. The largest absolute Gasteiger partial charge is 0.489 e. The van der Waals surface area contributed by atoms with E-state index in [0.29, 0.717) is 35.2 Å². The lowest BCUT2D eigenvalue weighted by molar-refractivity contribution is 0.0483. The Hall–Kier alpha value is -3.49. The van der Waals surface area contributed by atoms with Crippen molar-refractivity contribution in [3.63, 3.8) is 0 Å². The molecular weight excluding hydrogens is 437 g/mol. The Bertz CT molecular complexity index is 1120. The van der Waals surface area contributed by atoms with Crippen LogP contribution in [0.2, 0.25) is 0 Å². The number of hydrogen-bond acceptors (Lipinski definition) is 6. The van der Waals surface area contributed by atoms with E-state index in [2.05, 4.69) is 20.4 Å². The van der Waals surface area contributed by atoms with E-state index in [0.717, 1.165) is 25.7 Å². The van der Waals surface area contributed by atoms with Crippen molar-refractivity contribution in [3.8, 4) is 22.7 Å². The van der Waals surface area contributed by atoms with Gasteiger partial charge in [-0.3, -0.25) is 0 Å². The second-order valence-electron chi connectivity index (χ2n) is 9.54. The maximum absolute atomic E-state index is 14.1. The zero-order chi connectivity index (χ0) is 24.1. The molecule has 0 atom stereocenters. The second kappa shape index (κ2) is 10.2. The molecule has 1 fully saturated rings. The molecule has 1 N–H and O–H groups in total. The van der Waals surface area contributed by atoms with Crippen LogP contribution in [-0.4, -0.2) is 44.1 Å². The molecule has 0 aliphatic heterocycles. The lowest BCUT2D eigenvalue weighted by Crippen LogP contribution is -2.41. The number of carbonyl (C=O) groups excluding carboxylic acids is 1. The highest BCUT2D eigenvalue weighted by molar-refractivity contribution is 5.68. The van der Waals surface area contributed by atoms with Gasteiger partial charge >= 0.3 is 6.09 Å². The molecule has 0 bridgehead atoms. The fourth-order valence-electron chi connectivity index (χ4n) is 4.01. The van der Waals surface area contributed by atoms with Gasteiger partial charge in [0.2, 0.25) is 0 Å². The first-order valence-corrected chi connectivity index (χ1v) is 11.5. The number of rotatable bonds is 6. The Morgan fingerprint density at radius 3 is 2.68 bits per heavy atom. The van der Waals surface area contributed by atoms with Gasteiger partial charge in [-0.2, -0.15) is 5.10 Å². The summed E-state index contributed by atoms with van der Waals surface area (Å²) in [6, 6.07) is 6.58. The molecule has 9 heteroatoms. The van der Waals surface area contributed by atoms with E-state index in [1.54, 1.807) is 36.8 Å². The van der Waals surface area contributed by atoms with Crippen molar-refractivity contribution in [1.29, 1.82) is 0 Å². The summed E-state index contributed by atoms with van der Waals surface area (Å²) in [4.78, 5) is 20.5. The quantitative estimate of drug-likeness (QED) is 0.553. The zero-order valence-electron chi connectivity index (χ0n) is 19.7. The molecule has 0 saturated heterocycles. The van der Waals surface area contributed by atoms with Gasteiger partial charge in [-0.1, -0.05) is 12.1 Å². The van der Waals surface area contributed by atoms with Crippen LogP contribution in [0.5, 0.6) is 5.75 Å². The molecule has 34 heavy (non-hydrogen) atoms. The van der Waals surface area contributed by atoms with Gasteiger partial charge in [-0.15, -0.1) is 0 Å². The number of alkyl carbamates (subject to hydrolysis) is 1. The highest BCUT2D eigenvalue weighted by Gasteiger charge is 2.25. The molecule has 0 unspecified atom stereocenters. The van der Waals surface area contributed by atoms with E-state index in [1.165, 1.54) is 17.1 Å². The van der Waals surface area contributed by atoms with Crippen molar-refractivity contribution in [2.24, 2.45) is 5.92 Å². The summed E-state index contributed by atoms with van der Waals surface area (Å²) in [7, 11) is 0. The Labute approximate surface area is 198 Å². The van der Waals surface area contributed by atoms with E-state index in [9.17, 15) is 9.18 Å². The normalized spacial score (nSPS) is 18.4. The minimum absolute atomic E-state index is 0.117. The smallest absolute Gasteiger partial charge is 0.407 e. The van der Waals surface area contributed by atoms with E-state index < -0.39 is 5.60 Å². The number of nitrogens with one attached hydrogen (secondary N) is 1. The predicted molar refractivity (Wildman–Crippen MR) is 125 cm³/mol. The number of aromatic nitrogens is 4. The van der Waals surface area contributed by atoms with Crippen molar-refractivity contribution in [3.05, 3.63) is 55.0 Å². The summed E-state index contributed by atoms with van der Waals surface area (Å²) in [5, 5.41) is 7.25. The molecular formula is C25H30FN5O3. The van der Waals surface area contributed by atoms with Gasteiger partial charge in [0, 0.05) is 17.8 Å². The zero-order valence-corrected chi connectivity index (χ0v) is 19.7. The third-order valence-electron chi connectivity index (χ3n) is 5.68. The summed E-state index contributed by atoms with van der Waals surface area (Å²) in [5.74, 6) is 0.573. The van der Waals surface area contributed by atoms with Gasteiger partial charge in [0.05, 0.1) is 19.0 Å². The average Bonchev–Trinajstić information content (AvgIpc) is 3.28. The lowest BCUT2D eigenvalue weighted by atomic mass is 9.86. The standard InChI is InChI=1S/C25H30FN5O3/c1-25(2,3)34-24(32)30-19-10-8-17(9-11-19)15-33-22-13-27-16-28-23(22)18-12-29-31(14-18)21-7-5-4-6-20(21)26/h4-7,12-14,16-17,19H,8-11,15H2,1-3H3,(H,30,32). The summed E-state index contributed by atoms with van der Waals surface area (Å²) in [6.45, 7) is 6.09. The summed E-state index contributed by atoms with van der Waals surface area (Å²) >= 11 is 0. The first-order chi connectivity index (χ1) is 16.3. The molecule has 8 nitrogen and oxygen atoms in total. The van der Waals surface area contributed by atoms with Crippen LogP contribution in [0.3, 0.4) is 0 Å². The van der Waals surface area contributed by atoms with Gasteiger partial charge in [0.25, 0.3) is 0 Å². The molecule has 1 amide bonds. The molecule has 1 aromatic carbocycles. The molecule has 4 rings (SSSR count). The van der Waals surface area contributed by atoms with Crippen LogP contribution in [0.1, 0.15) is 46.5 Å². The van der Waals surface area contributed by atoms with Gasteiger partial charge in [0.15, 0.2) is 5.75 Å². The highest BCUT2D eigenvalue weighted by atomic mass is 19.1. The van der Waals surface area contributed by atoms with E-state index >= 15 is 0 Å². The molecule has 180 valence electrons. The Balaban J connectivity index is 1.34. The molecule has 0 radical (unpaired) electrons. The fraction of sp³-hybridized carbons (Fsp3) is 0.440. The number of nitrogens with zero attached hydrogens (tertiary/aromatic N) is 4. The van der Waals surface area contributed by atoms with Crippen molar-refractivity contribution in [1.82, 2.24) is 25.1 Å². The van der Waals surface area contributed by atoms with Crippen LogP contribution in [0, 0.1) is 11.7 Å². The van der Waals surface area contributed by atoms with Crippen LogP contribution in [0.25, 0.3) is 16.9 Å². The van der Waals surface area contributed by atoms with E-state index in [1.807, 2.05) is 20.8 Å². The molecule has 2 heterocycles. The van der Waals surface area contributed by atoms with E-state index in [4.69, 9.17) is 9.47 Å². The van der Waals surface area contributed by atoms with Crippen LogP contribution in [0.15, 0.2) is 49.2 Å². The Morgan fingerprint density at radius 1 is 1.18 bits per heavy atom. The van der Waals surface area contributed by atoms with Crippen molar-refractivity contribution >= 4 is 6.09 Å². The number of hydrogen-bond donors (Lipinski definition) is 1. The van der Waals surface area contributed by atoms with Crippen LogP contribution in [0.4, 0.5) is 9.18 Å². The van der Waals surface area contributed by atoms with Gasteiger partial charge in [-0.25, -0.2) is 23.8 Å². The summed E-state index contributed by atoms with van der Waals surface area (Å²) < 4.78 is 27.1. The summed E-state index contributed by atoms with van der Waals surface area (Å²) in [5.41, 5.74) is 1.18. The number of carbonyl (C=O) groups is 1. The number of benzene rings is 1. The van der Waals surface area contributed by atoms with Crippen LogP contribution >= 0.6 is 0 Å². The number of halogens is 1. The Morgan fingerprint density at radius 2 is 1.94 bits per heavy atom. The average molecular weight is 468 g/mol. The van der Waals surface area contributed by atoms with Crippen molar-refractivity contribution < 1.29 is 18.7 Å². The topological polar surface area (TPSA) is 91.2 Å². The van der Waals surface area contributed by atoms with Crippen molar-refractivity contribution in [2.45, 2.75) is 58.1 Å².